The van der Waals surface area contributed by atoms with E-state index in [0.29, 0.717) is 17.6 Å². The Kier molecular flexibility index (Phi) is 4.18. The van der Waals surface area contributed by atoms with Crippen LogP contribution in [-0.2, 0) is 18.4 Å². The van der Waals surface area contributed by atoms with E-state index in [4.69, 9.17) is 0 Å². The van der Waals surface area contributed by atoms with Gasteiger partial charge in [-0.15, -0.1) is 0 Å². The van der Waals surface area contributed by atoms with Crippen LogP contribution in [0, 0.1) is 6.92 Å². The molecule has 0 aliphatic carbocycles. The lowest BCUT2D eigenvalue weighted by Crippen LogP contribution is -2.18. The number of fused-ring (bicyclic) bond motifs is 2. The van der Waals surface area contributed by atoms with E-state index in [1.54, 1.807) is 11.9 Å². The fourth-order valence-corrected chi connectivity index (χ4v) is 4.22. The van der Waals surface area contributed by atoms with Gasteiger partial charge in [-0.1, -0.05) is 50.6 Å². The number of pyridine rings is 1. The summed E-state index contributed by atoms with van der Waals surface area (Å²) in [6.45, 7) is 9.04. The Labute approximate surface area is 165 Å². The molecule has 1 amide bonds. The van der Waals surface area contributed by atoms with Gasteiger partial charge in [0.2, 0.25) is 0 Å². The second-order valence-electron chi connectivity index (χ2n) is 8.89. The summed E-state index contributed by atoms with van der Waals surface area (Å²) >= 11 is 0. The maximum atomic E-state index is 12.6. The minimum absolute atomic E-state index is 0.00855. The van der Waals surface area contributed by atoms with Crippen molar-refractivity contribution < 1.29 is 9.90 Å². The molecule has 0 bridgehead atoms. The standard InChI is InChI=1S/C24H26N2O2/c1-14-6-8-15(9-7-14)10-16-11-17-20(24(2,3)4)18-13-26(5)23(28)19(18)22(27)21(17)25-12-16/h6-9,11-12,27H,10,13H2,1-5H3. The number of phenolic OH excluding ortho intramolecular Hbond substituents is 1. The van der Waals surface area contributed by atoms with Crippen LogP contribution in [0.5, 0.6) is 5.75 Å². The maximum Gasteiger partial charge on any atom is 0.258 e. The third-order valence-corrected chi connectivity index (χ3v) is 5.51. The molecule has 1 aliphatic rings. The predicted molar refractivity (Wildman–Crippen MR) is 112 cm³/mol. The minimum atomic E-state index is -0.175. The number of carbonyl (C=O) groups excluding carboxylic acids is 1. The van der Waals surface area contributed by atoms with E-state index in [-0.39, 0.29) is 17.1 Å². The highest BCUT2D eigenvalue weighted by molar-refractivity contribution is 6.07. The summed E-state index contributed by atoms with van der Waals surface area (Å²) in [5, 5.41) is 11.8. The fraction of sp³-hybridized carbons (Fsp3) is 0.333. The first-order chi connectivity index (χ1) is 13.2. The molecule has 0 fully saturated rings. The predicted octanol–water partition coefficient (Wildman–Crippen LogP) is 4.72. The Bertz CT molecular complexity index is 1090. The van der Waals surface area contributed by atoms with E-state index in [9.17, 15) is 9.90 Å². The first kappa shape index (κ1) is 18.5. The van der Waals surface area contributed by atoms with E-state index in [2.05, 4.69) is 63.0 Å². The third-order valence-electron chi connectivity index (χ3n) is 5.51. The van der Waals surface area contributed by atoms with E-state index in [1.165, 1.54) is 11.1 Å². The van der Waals surface area contributed by atoms with Crippen molar-refractivity contribution in [3.05, 3.63) is 69.9 Å². The number of hydrogen-bond donors (Lipinski definition) is 1. The number of aromatic nitrogens is 1. The molecule has 1 aromatic heterocycles. The van der Waals surface area contributed by atoms with Gasteiger partial charge < -0.3 is 10.0 Å². The van der Waals surface area contributed by atoms with Crippen LogP contribution in [0.3, 0.4) is 0 Å². The lowest BCUT2D eigenvalue weighted by Gasteiger charge is -2.25. The second kappa shape index (κ2) is 6.33. The molecule has 0 saturated carbocycles. The highest BCUT2D eigenvalue weighted by atomic mass is 16.3. The first-order valence-corrected chi connectivity index (χ1v) is 9.64. The molecule has 4 nitrogen and oxygen atoms in total. The number of aromatic hydroxyl groups is 1. The number of rotatable bonds is 2. The number of phenols is 1. The Balaban J connectivity index is 1.93. The summed E-state index contributed by atoms with van der Waals surface area (Å²) in [7, 11) is 1.77. The molecule has 4 rings (SSSR count). The smallest absolute Gasteiger partial charge is 0.258 e. The van der Waals surface area contributed by atoms with Gasteiger partial charge in [-0.3, -0.25) is 9.78 Å². The van der Waals surface area contributed by atoms with Gasteiger partial charge >= 0.3 is 0 Å². The summed E-state index contributed by atoms with van der Waals surface area (Å²) < 4.78 is 0. The molecule has 0 radical (unpaired) electrons. The Morgan fingerprint density at radius 1 is 1.14 bits per heavy atom. The molecule has 0 atom stereocenters. The molecule has 1 aliphatic heterocycles. The summed E-state index contributed by atoms with van der Waals surface area (Å²) in [5.74, 6) is -0.125. The molecule has 0 spiro atoms. The van der Waals surface area contributed by atoms with E-state index in [1.807, 2.05) is 6.20 Å². The number of carbonyl (C=O) groups is 1. The maximum absolute atomic E-state index is 12.6. The van der Waals surface area contributed by atoms with Crippen LogP contribution in [0.1, 0.15) is 58.9 Å². The summed E-state index contributed by atoms with van der Waals surface area (Å²) in [6.07, 6.45) is 2.59. The Morgan fingerprint density at radius 2 is 1.82 bits per heavy atom. The minimum Gasteiger partial charge on any atom is -0.505 e. The zero-order valence-electron chi connectivity index (χ0n) is 17.1. The molecule has 2 heterocycles. The zero-order valence-corrected chi connectivity index (χ0v) is 17.1. The van der Waals surface area contributed by atoms with Gasteiger partial charge in [0.25, 0.3) is 5.91 Å². The van der Waals surface area contributed by atoms with Crippen molar-refractivity contribution in [1.29, 1.82) is 0 Å². The second-order valence-corrected chi connectivity index (χ2v) is 8.89. The van der Waals surface area contributed by atoms with Crippen LogP contribution in [-0.4, -0.2) is 27.9 Å². The normalized spacial score (nSPS) is 14.0. The highest BCUT2D eigenvalue weighted by Gasteiger charge is 2.36. The molecule has 2 aromatic carbocycles. The van der Waals surface area contributed by atoms with Crippen molar-refractivity contribution >= 4 is 16.8 Å². The van der Waals surface area contributed by atoms with Gasteiger partial charge in [0.05, 0.1) is 5.56 Å². The quantitative estimate of drug-likeness (QED) is 0.706. The Morgan fingerprint density at radius 3 is 2.46 bits per heavy atom. The first-order valence-electron chi connectivity index (χ1n) is 9.64. The van der Waals surface area contributed by atoms with Crippen molar-refractivity contribution in [2.75, 3.05) is 7.05 Å². The topological polar surface area (TPSA) is 53.4 Å². The van der Waals surface area contributed by atoms with E-state index >= 15 is 0 Å². The lowest BCUT2D eigenvalue weighted by atomic mass is 9.79. The van der Waals surface area contributed by atoms with Crippen LogP contribution < -0.4 is 0 Å². The fourth-order valence-electron chi connectivity index (χ4n) is 4.22. The number of aryl methyl sites for hydroxylation is 1. The average Bonchev–Trinajstić information content (AvgIpc) is 2.90. The zero-order chi connectivity index (χ0) is 20.2. The van der Waals surface area contributed by atoms with Crippen molar-refractivity contribution in [2.45, 2.75) is 46.1 Å². The molecule has 0 saturated heterocycles. The van der Waals surface area contributed by atoms with Crippen LogP contribution in [0.4, 0.5) is 0 Å². The van der Waals surface area contributed by atoms with Crippen LogP contribution in [0.2, 0.25) is 0 Å². The van der Waals surface area contributed by atoms with Gasteiger partial charge in [0, 0.05) is 25.2 Å². The largest absolute Gasteiger partial charge is 0.505 e. The molecule has 144 valence electrons. The molecule has 28 heavy (non-hydrogen) atoms. The highest BCUT2D eigenvalue weighted by Crippen LogP contribution is 2.43. The van der Waals surface area contributed by atoms with Crippen LogP contribution in [0.15, 0.2) is 36.5 Å². The average molecular weight is 374 g/mol. The van der Waals surface area contributed by atoms with Gasteiger partial charge in [0.1, 0.15) is 5.52 Å². The number of amides is 1. The monoisotopic (exact) mass is 374 g/mol. The van der Waals surface area contributed by atoms with Crippen molar-refractivity contribution in [3.8, 4) is 5.75 Å². The van der Waals surface area contributed by atoms with Crippen molar-refractivity contribution in [2.24, 2.45) is 0 Å². The number of hydrogen-bond acceptors (Lipinski definition) is 3. The molecule has 0 unspecified atom stereocenters. The van der Waals surface area contributed by atoms with Gasteiger partial charge in [-0.25, -0.2) is 0 Å². The third kappa shape index (κ3) is 2.93. The van der Waals surface area contributed by atoms with Gasteiger partial charge in [-0.05, 0) is 47.1 Å². The summed E-state index contributed by atoms with van der Waals surface area (Å²) in [6, 6.07) is 10.6. The van der Waals surface area contributed by atoms with Crippen molar-refractivity contribution in [3.63, 3.8) is 0 Å². The summed E-state index contributed by atoms with van der Waals surface area (Å²) in [5.41, 5.74) is 6.35. The SMILES string of the molecule is Cc1ccc(Cc2cnc3c(O)c4c(c(C(C)(C)C)c3c2)CN(C)C4=O)cc1. The number of nitrogens with zero attached hydrogens (tertiary/aromatic N) is 2. The van der Waals surface area contributed by atoms with E-state index < -0.39 is 0 Å². The molecule has 3 aromatic rings. The van der Waals surface area contributed by atoms with Crippen LogP contribution >= 0.6 is 0 Å². The summed E-state index contributed by atoms with van der Waals surface area (Å²) in [4.78, 5) is 18.9. The van der Waals surface area contributed by atoms with E-state index in [0.717, 1.165) is 28.5 Å². The van der Waals surface area contributed by atoms with Gasteiger partial charge in [-0.2, -0.15) is 0 Å². The van der Waals surface area contributed by atoms with Crippen LogP contribution in [0.25, 0.3) is 10.9 Å². The molecular weight excluding hydrogens is 348 g/mol. The van der Waals surface area contributed by atoms with Gasteiger partial charge in [0.15, 0.2) is 5.75 Å². The number of benzene rings is 2. The lowest BCUT2D eigenvalue weighted by molar-refractivity contribution is 0.0814. The van der Waals surface area contributed by atoms with Crippen molar-refractivity contribution in [1.82, 2.24) is 9.88 Å². The molecular formula is C24H26N2O2. The molecule has 4 heteroatoms. The Hall–Kier alpha value is -2.88. The molecule has 1 N–H and O–H groups in total.